The second-order valence-corrected chi connectivity index (χ2v) is 38.5. The number of furan rings is 2. The highest BCUT2D eigenvalue weighted by molar-refractivity contribution is 7.27. The van der Waals surface area contributed by atoms with Crippen LogP contribution in [0.15, 0.2) is 422 Å². The van der Waals surface area contributed by atoms with E-state index in [0.717, 1.165) is 204 Å². The van der Waals surface area contributed by atoms with Crippen molar-refractivity contribution in [2.75, 3.05) is 0 Å². The van der Waals surface area contributed by atoms with Gasteiger partial charge in [0.25, 0.3) is 0 Å². The Morgan fingerprint density at radius 3 is 0.872 bits per heavy atom. The number of nitrogens with zero attached hydrogens (tertiary/aromatic N) is 12. The van der Waals surface area contributed by atoms with Crippen molar-refractivity contribution in [2.24, 2.45) is 0 Å². The van der Waals surface area contributed by atoms with Gasteiger partial charge >= 0.3 is 0 Å². The molecule has 0 saturated heterocycles. The van der Waals surface area contributed by atoms with Crippen LogP contribution in [0.4, 0.5) is 0 Å². The number of aromatic nitrogens is 12. The normalized spacial score (nSPS) is 11.8. The first-order valence-corrected chi connectivity index (χ1v) is 49.2. The van der Waals surface area contributed by atoms with Crippen molar-refractivity contribution in [2.45, 2.75) is 0 Å². The highest BCUT2D eigenvalue weighted by atomic mass is 32.1. The second kappa shape index (κ2) is 33.4. The Morgan fingerprint density at radius 1 is 0.149 bits per heavy atom. The van der Waals surface area contributed by atoms with Gasteiger partial charge in [0.1, 0.15) is 38.9 Å². The maximum Gasteiger partial charge on any atom is 0.227 e. The summed E-state index contributed by atoms with van der Waals surface area (Å²) in [6, 6.07) is 135. The Morgan fingerprint density at radius 2 is 0.433 bits per heavy atom. The van der Waals surface area contributed by atoms with Crippen molar-refractivity contribution < 1.29 is 22.1 Å². The molecule has 660 valence electrons. The molecule has 17 nitrogen and oxygen atoms in total. The number of hydrogen-bond donors (Lipinski definition) is 0. The quantitative estimate of drug-likeness (QED) is 0.111. The predicted octanol–water partition coefficient (Wildman–Crippen LogP) is 33.3. The van der Waals surface area contributed by atoms with Gasteiger partial charge in [0, 0.05) is 169 Å². The van der Waals surface area contributed by atoms with Crippen LogP contribution >= 0.6 is 45.3 Å². The van der Waals surface area contributed by atoms with Crippen LogP contribution in [0.5, 0.6) is 0 Å². The first-order valence-electron chi connectivity index (χ1n) is 45.9. The molecule has 12 aromatic heterocycles. The summed E-state index contributed by atoms with van der Waals surface area (Å²) in [5.41, 5.74) is 19.2. The standard InChI is InChI=1S/2C40H22N4O2S.C40H22N4OS2/c1-2-11-23(12-3-1)37-42-38(25-14-8-20-31-34(25)24-13-4-6-18-29(24)45-31)44-39(43-37)26-15-9-21-32-35(26)36-27(16-10-22-33(36)47-32)40-41-28-17-5-7-19-30(28)46-40;1-2-10-23(11-3-1)37-42-38(24-20-21-31-28(22-24)25-12-4-6-16-30(25)45-31)44-39(43-37)26-13-8-18-33-35(26)36-27(14-9-19-34(36)47-33)40-41-29-15-5-7-17-32(29)46-40;1-2-11-23(12-3-1)37-42-38(44-39(43-37)28-17-8-14-25-24-13-4-7-20-31(24)47-36(25)28)26-15-9-21-32-34(26)35-27(16-10-22-33(35)46-32)40-41-29-18-5-6-19-30(29)45-40/h3*1-22H. The summed E-state index contributed by atoms with van der Waals surface area (Å²) in [5.74, 6) is 7.29. The number of fused-ring (bicyclic) bond motifs is 21. The topological polar surface area (TPSA) is 220 Å². The zero-order valence-electron chi connectivity index (χ0n) is 74.1. The van der Waals surface area contributed by atoms with E-state index in [-0.39, 0.29) is 0 Å². The molecule has 0 fully saturated rings. The van der Waals surface area contributed by atoms with Crippen molar-refractivity contribution in [3.8, 4) is 137 Å². The average molecular weight is 1880 g/mol. The molecule has 0 aliphatic rings. The van der Waals surface area contributed by atoms with E-state index in [1.54, 1.807) is 45.3 Å². The van der Waals surface area contributed by atoms with Crippen molar-refractivity contribution in [1.29, 1.82) is 0 Å². The molecular weight excluding hydrogens is 1820 g/mol. The van der Waals surface area contributed by atoms with Gasteiger partial charge in [-0.15, -0.1) is 45.3 Å². The van der Waals surface area contributed by atoms with Gasteiger partial charge in [-0.3, -0.25) is 0 Å². The Balaban J connectivity index is 0.000000104. The molecule has 30 rings (SSSR count). The number of rotatable bonds is 12. The summed E-state index contributed by atoms with van der Waals surface area (Å²) in [7, 11) is 0. The Labute approximate surface area is 816 Å². The lowest BCUT2D eigenvalue weighted by Crippen LogP contribution is -2.00. The molecule has 0 atom stereocenters. The summed E-state index contributed by atoms with van der Waals surface area (Å²) >= 11 is 7.01. The van der Waals surface area contributed by atoms with Crippen LogP contribution in [-0.4, -0.2) is 59.8 Å². The van der Waals surface area contributed by atoms with Crippen LogP contribution in [0.2, 0.25) is 0 Å². The molecular formula is C120H66N12O5S4. The third-order valence-corrected chi connectivity index (χ3v) is 30.4. The van der Waals surface area contributed by atoms with Crippen LogP contribution in [-0.2, 0) is 0 Å². The Hall–Kier alpha value is -18.1. The minimum absolute atomic E-state index is 0.585. The third-order valence-electron chi connectivity index (χ3n) is 25.8. The van der Waals surface area contributed by atoms with Gasteiger partial charge in [-0.05, 0) is 140 Å². The highest BCUT2D eigenvalue weighted by Gasteiger charge is 2.29. The fraction of sp³-hybridized carbons (Fsp3) is 0. The molecule has 0 amide bonds. The lowest BCUT2D eigenvalue weighted by molar-refractivity contribution is 0.620. The lowest BCUT2D eigenvalue weighted by Gasteiger charge is -2.10. The third kappa shape index (κ3) is 14.1. The van der Waals surface area contributed by atoms with E-state index in [1.807, 2.05) is 212 Å². The first-order chi connectivity index (χ1) is 69.8. The van der Waals surface area contributed by atoms with E-state index >= 15 is 0 Å². The van der Waals surface area contributed by atoms with E-state index in [1.165, 1.54) is 20.2 Å². The van der Waals surface area contributed by atoms with Gasteiger partial charge in [0.15, 0.2) is 69.2 Å². The highest BCUT2D eigenvalue weighted by Crippen LogP contribution is 2.51. The summed E-state index contributed by atoms with van der Waals surface area (Å²) in [6.07, 6.45) is 0. The molecule has 0 unspecified atom stereocenters. The molecule has 0 N–H and O–H groups in total. The molecule has 0 saturated carbocycles. The van der Waals surface area contributed by atoms with Gasteiger partial charge < -0.3 is 22.1 Å². The molecule has 18 aromatic carbocycles. The Bertz CT molecular complexity index is 10200. The molecule has 12 heterocycles. The van der Waals surface area contributed by atoms with Crippen LogP contribution in [0.25, 0.3) is 295 Å². The van der Waals surface area contributed by atoms with Crippen molar-refractivity contribution >= 4 is 203 Å². The molecule has 0 spiro atoms. The van der Waals surface area contributed by atoms with E-state index in [2.05, 4.69) is 188 Å². The number of para-hydroxylation sites is 8. The smallest absolute Gasteiger partial charge is 0.227 e. The molecule has 0 radical (unpaired) electrons. The van der Waals surface area contributed by atoms with Crippen molar-refractivity contribution in [3.63, 3.8) is 0 Å². The van der Waals surface area contributed by atoms with E-state index < -0.39 is 0 Å². The predicted molar refractivity (Wildman–Crippen MR) is 574 cm³/mol. The summed E-state index contributed by atoms with van der Waals surface area (Å²) in [6.45, 7) is 0. The van der Waals surface area contributed by atoms with Crippen LogP contribution in [0, 0.1) is 0 Å². The van der Waals surface area contributed by atoms with Gasteiger partial charge in [-0.2, -0.15) is 0 Å². The minimum atomic E-state index is 0.585. The average Bonchev–Trinajstić information content (AvgIpc) is 1.57. The SMILES string of the molecule is c1ccc(-c2nc(-c3ccc4oc5ccccc5c4c3)nc(-c3cccc4sc5cccc(-c6nc7ccccc7o6)c5c34)n2)cc1.c1ccc(-c2nc(-c3cccc4c3sc3ccccc34)nc(-c3cccc4sc5cccc(-c6nc7ccccc7o6)c5c34)n2)cc1.c1ccc(-c2nc(-c3cccc4oc5ccccc5c34)nc(-c3cccc4sc5cccc(-c6nc7ccccc7o6)c5c34)n2)cc1. The lowest BCUT2D eigenvalue weighted by atomic mass is 10.0. The number of benzene rings is 18. The van der Waals surface area contributed by atoms with Gasteiger partial charge in [-0.25, -0.2) is 59.8 Å². The zero-order chi connectivity index (χ0) is 92.7. The maximum atomic E-state index is 6.30. The zero-order valence-corrected chi connectivity index (χ0v) is 77.4. The van der Waals surface area contributed by atoms with E-state index in [0.29, 0.717) is 70.1 Å². The molecule has 21 heteroatoms. The number of thiophene rings is 4. The number of oxazole rings is 3. The Kier molecular flexibility index (Phi) is 19.3. The van der Waals surface area contributed by atoms with E-state index in [9.17, 15) is 0 Å². The van der Waals surface area contributed by atoms with E-state index in [4.69, 9.17) is 81.9 Å². The van der Waals surface area contributed by atoms with Crippen LogP contribution in [0.1, 0.15) is 0 Å². The summed E-state index contributed by atoms with van der Waals surface area (Å²) in [5, 5.41) is 13.0. The van der Waals surface area contributed by atoms with Gasteiger partial charge in [-0.1, -0.05) is 261 Å². The summed E-state index contributed by atoms with van der Waals surface area (Å²) < 4.78 is 40.5. The van der Waals surface area contributed by atoms with Crippen LogP contribution in [0.3, 0.4) is 0 Å². The first kappa shape index (κ1) is 81.3. The van der Waals surface area contributed by atoms with Gasteiger partial charge in [0.2, 0.25) is 17.7 Å². The van der Waals surface area contributed by atoms with Gasteiger partial charge in [0.05, 0.1) is 0 Å². The largest absolute Gasteiger partial charge is 0.456 e. The molecule has 0 bridgehead atoms. The van der Waals surface area contributed by atoms with Crippen molar-refractivity contribution in [1.82, 2.24) is 59.8 Å². The molecule has 141 heavy (non-hydrogen) atoms. The summed E-state index contributed by atoms with van der Waals surface area (Å²) in [4.78, 5) is 60.8. The molecule has 30 aromatic rings. The molecule has 0 aliphatic carbocycles. The minimum Gasteiger partial charge on any atom is -0.456 e. The number of hydrogen-bond acceptors (Lipinski definition) is 21. The maximum absolute atomic E-state index is 6.30. The molecule has 0 aliphatic heterocycles. The fourth-order valence-corrected chi connectivity index (χ4v) is 24.1. The monoisotopic (exact) mass is 1880 g/mol. The van der Waals surface area contributed by atoms with Crippen molar-refractivity contribution in [3.05, 3.63) is 400 Å². The second-order valence-electron chi connectivity index (χ2n) is 34.2. The fourth-order valence-electron chi connectivity index (χ4n) is 19.4. The van der Waals surface area contributed by atoms with Crippen LogP contribution < -0.4 is 0 Å².